The number of piperazine rings is 1. The summed E-state index contributed by atoms with van der Waals surface area (Å²) in [4.78, 5) is 4.88. The van der Waals surface area contributed by atoms with Crippen LogP contribution in [0.1, 0.15) is 32.8 Å². The number of ether oxygens (including phenoxy) is 1. The molecule has 0 saturated carbocycles. The van der Waals surface area contributed by atoms with Gasteiger partial charge in [0.2, 0.25) is 0 Å². The summed E-state index contributed by atoms with van der Waals surface area (Å²) in [6, 6.07) is 7.96. The Hall–Kier alpha value is -1.10. The van der Waals surface area contributed by atoms with E-state index in [0.717, 1.165) is 31.9 Å². The second-order valence-corrected chi connectivity index (χ2v) is 8.23. The van der Waals surface area contributed by atoms with Crippen molar-refractivity contribution >= 4 is 0 Å². The number of aliphatic hydroxyl groups is 1. The van der Waals surface area contributed by atoms with E-state index in [9.17, 15) is 5.11 Å². The Labute approximate surface area is 147 Å². The van der Waals surface area contributed by atoms with Gasteiger partial charge in [-0.15, -0.1) is 0 Å². The highest BCUT2D eigenvalue weighted by Gasteiger charge is 2.21. The summed E-state index contributed by atoms with van der Waals surface area (Å²) < 4.78 is 5.70. The average molecular weight is 335 g/mol. The predicted molar refractivity (Wildman–Crippen MR) is 99.6 cm³/mol. The first kappa shape index (κ1) is 19.2. The number of benzene rings is 1. The van der Waals surface area contributed by atoms with Crippen molar-refractivity contribution in [3.8, 4) is 5.75 Å². The zero-order chi connectivity index (χ0) is 17.6. The molecule has 136 valence electrons. The molecule has 1 fully saturated rings. The highest BCUT2D eigenvalue weighted by atomic mass is 16.5. The maximum Gasteiger partial charge on any atom is 0.119 e. The molecule has 2 rings (SSSR count). The van der Waals surface area contributed by atoms with Crippen molar-refractivity contribution in [2.45, 2.75) is 40.2 Å². The Bertz CT molecular complexity index is 491. The molecule has 1 saturated heterocycles. The molecule has 1 unspecified atom stereocenters. The van der Waals surface area contributed by atoms with Crippen LogP contribution in [-0.2, 0) is 0 Å². The topological polar surface area (TPSA) is 35.9 Å². The lowest BCUT2D eigenvalue weighted by Crippen LogP contribution is -2.49. The fourth-order valence-electron chi connectivity index (χ4n) is 2.94. The lowest BCUT2D eigenvalue weighted by Gasteiger charge is -2.36. The van der Waals surface area contributed by atoms with Gasteiger partial charge in [-0.05, 0) is 43.0 Å². The maximum absolute atomic E-state index is 10.2. The van der Waals surface area contributed by atoms with Gasteiger partial charge in [-0.3, -0.25) is 4.90 Å². The van der Waals surface area contributed by atoms with Crippen molar-refractivity contribution < 1.29 is 9.84 Å². The third-order valence-electron chi connectivity index (χ3n) is 4.54. The molecule has 1 heterocycles. The minimum Gasteiger partial charge on any atom is -0.491 e. The van der Waals surface area contributed by atoms with E-state index in [1.807, 2.05) is 31.2 Å². The number of aryl methyl sites for hydroxylation is 1. The van der Waals surface area contributed by atoms with Crippen molar-refractivity contribution in [2.24, 2.45) is 5.41 Å². The summed E-state index contributed by atoms with van der Waals surface area (Å²) in [6.07, 6.45) is 0.798. The summed E-state index contributed by atoms with van der Waals surface area (Å²) in [5.74, 6) is 0.834. The second kappa shape index (κ2) is 8.84. The molecule has 0 aromatic heterocycles. The van der Waals surface area contributed by atoms with Gasteiger partial charge in [0, 0.05) is 32.7 Å². The number of nitrogens with zero attached hydrogens (tertiary/aromatic N) is 2. The highest BCUT2D eigenvalue weighted by molar-refractivity contribution is 5.27. The SMILES string of the molecule is Cc1cccc(OCC(O)CN2CCN(CCC(C)(C)C)CC2)c1. The summed E-state index contributed by atoms with van der Waals surface area (Å²) >= 11 is 0. The maximum atomic E-state index is 10.2. The summed E-state index contributed by atoms with van der Waals surface area (Å²) in [5, 5.41) is 10.2. The molecule has 24 heavy (non-hydrogen) atoms. The summed E-state index contributed by atoms with van der Waals surface area (Å²) in [6.45, 7) is 15.4. The van der Waals surface area contributed by atoms with Crippen LogP contribution in [0.3, 0.4) is 0 Å². The van der Waals surface area contributed by atoms with Crippen LogP contribution in [0.5, 0.6) is 5.75 Å². The minimum absolute atomic E-state index is 0.355. The molecule has 0 aliphatic carbocycles. The molecule has 0 bridgehead atoms. The third-order valence-corrected chi connectivity index (χ3v) is 4.54. The Morgan fingerprint density at radius 2 is 1.79 bits per heavy atom. The Morgan fingerprint density at radius 1 is 1.12 bits per heavy atom. The molecule has 1 atom stereocenters. The van der Waals surface area contributed by atoms with Crippen LogP contribution in [0.2, 0.25) is 0 Å². The van der Waals surface area contributed by atoms with Gasteiger partial charge in [0.15, 0.2) is 0 Å². The van der Waals surface area contributed by atoms with Crippen LogP contribution < -0.4 is 4.74 Å². The Morgan fingerprint density at radius 3 is 2.42 bits per heavy atom. The third kappa shape index (κ3) is 7.20. The van der Waals surface area contributed by atoms with Crippen LogP contribution in [0.4, 0.5) is 0 Å². The first-order chi connectivity index (χ1) is 11.3. The normalized spacial score (nSPS) is 18.5. The van der Waals surface area contributed by atoms with Gasteiger partial charge in [-0.25, -0.2) is 0 Å². The first-order valence-corrected chi connectivity index (χ1v) is 9.14. The molecular formula is C20H34N2O2. The van der Waals surface area contributed by atoms with Crippen molar-refractivity contribution in [3.63, 3.8) is 0 Å². The van der Waals surface area contributed by atoms with Crippen molar-refractivity contribution in [1.82, 2.24) is 9.80 Å². The van der Waals surface area contributed by atoms with E-state index in [0.29, 0.717) is 18.6 Å². The number of aliphatic hydroxyl groups excluding tert-OH is 1. The molecule has 0 amide bonds. The fraction of sp³-hybridized carbons (Fsp3) is 0.700. The predicted octanol–water partition coefficient (Wildman–Crippen LogP) is 2.79. The van der Waals surface area contributed by atoms with Gasteiger partial charge in [0.25, 0.3) is 0 Å². The van der Waals surface area contributed by atoms with Gasteiger partial charge < -0.3 is 14.7 Å². The average Bonchev–Trinajstić information content (AvgIpc) is 2.52. The molecule has 0 radical (unpaired) electrons. The van der Waals surface area contributed by atoms with E-state index < -0.39 is 6.10 Å². The van der Waals surface area contributed by atoms with Gasteiger partial charge in [-0.1, -0.05) is 32.9 Å². The van der Waals surface area contributed by atoms with E-state index in [-0.39, 0.29) is 0 Å². The number of rotatable bonds is 7. The van der Waals surface area contributed by atoms with E-state index in [1.54, 1.807) is 0 Å². The molecule has 4 nitrogen and oxygen atoms in total. The molecule has 0 spiro atoms. The smallest absolute Gasteiger partial charge is 0.119 e. The molecule has 1 aliphatic rings. The van der Waals surface area contributed by atoms with Gasteiger partial charge in [0.1, 0.15) is 18.5 Å². The second-order valence-electron chi connectivity index (χ2n) is 8.23. The van der Waals surface area contributed by atoms with Crippen LogP contribution in [-0.4, -0.2) is 66.9 Å². The summed E-state index contributed by atoms with van der Waals surface area (Å²) in [5.41, 5.74) is 1.58. The monoisotopic (exact) mass is 334 g/mol. The molecular weight excluding hydrogens is 300 g/mol. The quantitative estimate of drug-likeness (QED) is 0.832. The fourth-order valence-corrected chi connectivity index (χ4v) is 2.94. The summed E-state index contributed by atoms with van der Waals surface area (Å²) in [7, 11) is 0. The number of β-amino-alcohol motifs (C(OH)–C–C–N with tert-alkyl or cyclic N) is 1. The van der Waals surface area contributed by atoms with Crippen molar-refractivity contribution in [1.29, 1.82) is 0 Å². The minimum atomic E-state index is -0.438. The zero-order valence-electron chi connectivity index (χ0n) is 15.8. The zero-order valence-corrected chi connectivity index (χ0v) is 15.8. The van der Waals surface area contributed by atoms with Crippen LogP contribution >= 0.6 is 0 Å². The van der Waals surface area contributed by atoms with Crippen molar-refractivity contribution in [3.05, 3.63) is 29.8 Å². The molecule has 1 aromatic carbocycles. The molecule has 1 aromatic rings. The van der Waals surface area contributed by atoms with Crippen LogP contribution in [0.15, 0.2) is 24.3 Å². The molecule has 1 aliphatic heterocycles. The lowest BCUT2D eigenvalue weighted by molar-refractivity contribution is 0.0442. The molecule has 1 N–H and O–H groups in total. The number of hydrogen-bond donors (Lipinski definition) is 1. The Kier molecular flexibility index (Phi) is 7.08. The van der Waals surface area contributed by atoms with Crippen molar-refractivity contribution in [2.75, 3.05) is 45.9 Å². The highest BCUT2D eigenvalue weighted by Crippen LogP contribution is 2.19. The van der Waals surface area contributed by atoms with E-state index in [1.165, 1.54) is 18.5 Å². The lowest BCUT2D eigenvalue weighted by atomic mass is 9.92. The number of hydrogen-bond acceptors (Lipinski definition) is 4. The van der Waals surface area contributed by atoms with E-state index >= 15 is 0 Å². The van der Waals surface area contributed by atoms with E-state index in [2.05, 4.69) is 30.6 Å². The van der Waals surface area contributed by atoms with Crippen LogP contribution in [0.25, 0.3) is 0 Å². The largest absolute Gasteiger partial charge is 0.491 e. The van der Waals surface area contributed by atoms with Gasteiger partial charge in [-0.2, -0.15) is 0 Å². The van der Waals surface area contributed by atoms with Crippen LogP contribution in [0, 0.1) is 12.3 Å². The van der Waals surface area contributed by atoms with E-state index in [4.69, 9.17) is 4.74 Å². The standard InChI is InChI=1S/C20H34N2O2/c1-17-6-5-7-19(14-17)24-16-18(23)15-22-12-10-21(11-13-22)9-8-20(2,3)4/h5-7,14,18,23H,8-13,15-16H2,1-4H3. The molecule has 4 heteroatoms. The van der Waals surface area contributed by atoms with Gasteiger partial charge >= 0.3 is 0 Å². The first-order valence-electron chi connectivity index (χ1n) is 9.14. The van der Waals surface area contributed by atoms with Gasteiger partial charge in [0.05, 0.1) is 0 Å². The Balaban J connectivity index is 1.64.